The fourth-order valence-corrected chi connectivity index (χ4v) is 6.64. The van der Waals surface area contributed by atoms with Crippen molar-refractivity contribution < 1.29 is 9.53 Å². The minimum Gasteiger partial charge on any atom is -0.376 e. The van der Waals surface area contributed by atoms with Gasteiger partial charge in [0.2, 0.25) is 0 Å². The maximum Gasteiger partial charge on any atom is 0.175 e. The van der Waals surface area contributed by atoms with E-state index in [0.717, 1.165) is 24.0 Å². The maximum absolute atomic E-state index is 14.3. The van der Waals surface area contributed by atoms with E-state index in [2.05, 4.69) is 48.6 Å². The molecule has 4 aliphatic carbocycles. The van der Waals surface area contributed by atoms with Crippen LogP contribution in [0.25, 0.3) is 5.57 Å². The molecule has 2 nitrogen and oxygen atoms in total. The first-order valence-corrected chi connectivity index (χ1v) is 9.95. The molecular weight excluding hydrogens is 332 g/mol. The minimum absolute atomic E-state index is 0.214. The molecule has 1 saturated heterocycles. The van der Waals surface area contributed by atoms with Crippen LogP contribution in [0.1, 0.15) is 24.0 Å². The lowest BCUT2D eigenvalue weighted by Crippen LogP contribution is -2.61. The second-order valence-electron chi connectivity index (χ2n) is 8.36. The monoisotopic (exact) mass is 354 g/mol. The van der Waals surface area contributed by atoms with Gasteiger partial charge in [0.05, 0.1) is 18.6 Å². The van der Waals surface area contributed by atoms with Crippen molar-refractivity contribution in [3.8, 4) is 0 Å². The summed E-state index contributed by atoms with van der Waals surface area (Å²) < 4.78 is 6.13. The van der Waals surface area contributed by atoms with Gasteiger partial charge in [-0.1, -0.05) is 72.8 Å². The van der Waals surface area contributed by atoms with Gasteiger partial charge >= 0.3 is 0 Å². The van der Waals surface area contributed by atoms with Gasteiger partial charge in [-0.2, -0.15) is 0 Å². The minimum atomic E-state index is -0.511. The largest absolute Gasteiger partial charge is 0.376 e. The summed E-state index contributed by atoms with van der Waals surface area (Å²) in [5, 5.41) is 0. The molecule has 1 saturated carbocycles. The van der Waals surface area contributed by atoms with Crippen molar-refractivity contribution in [3.05, 3.63) is 89.5 Å². The second kappa shape index (κ2) is 5.30. The molecule has 134 valence electrons. The molecular formula is C25H22O2. The Morgan fingerprint density at radius 1 is 0.852 bits per heavy atom. The number of allylic oxidation sites excluding steroid dienone is 3. The topological polar surface area (TPSA) is 26.3 Å². The van der Waals surface area contributed by atoms with Crippen LogP contribution in [0.2, 0.25) is 0 Å². The van der Waals surface area contributed by atoms with Gasteiger partial charge in [-0.3, -0.25) is 4.79 Å². The Bertz CT molecular complexity index is 987. The third kappa shape index (κ3) is 1.64. The van der Waals surface area contributed by atoms with E-state index in [0.29, 0.717) is 24.9 Å². The molecule has 2 bridgehead atoms. The molecule has 0 amide bonds. The summed E-state index contributed by atoms with van der Waals surface area (Å²) in [4.78, 5) is 14.3. The third-order valence-electron chi connectivity index (χ3n) is 7.55. The van der Waals surface area contributed by atoms with Gasteiger partial charge in [0, 0.05) is 11.0 Å². The predicted octanol–water partition coefficient (Wildman–Crippen LogP) is 4.57. The Hall–Kier alpha value is -2.45. The highest BCUT2D eigenvalue weighted by atomic mass is 16.5. The van der Waals surface area contributed by atoms with Crippen molar-refractivity contribution in [2.24, 2.45) is 17.3 Å². The predicted molar refractivity (Wildman–Crippen MR) is 105 cm³/mol. The average molecular weight is 354 g/mol. The Kier molecular flexibility index (Phi) is 3.06. The van der Waals surface area contributed by atoms with Gasteiger partial charge < -0.3 is 4.74 Å². The first kappa shape index (κ1) is 15.6. The molecule has 2 aromatic rings. The molecule has 0 N–H and O–H groups in total. The fourth-order valence-electron chi connectivity index (χ4n) is 6.64. The number of hydrogen-bond donors (Lipinski definition) is 0. The van der Waals surface area contributed by atoms with E-state index >= 15 is 0 Å². The summed E-state index contributed by atoms with van der Waals surface area (Å²) in [5.41, 5.74) is 3.67. The molecule has 0 radical (unpaired) electrons. The van der Waals surface area contributed by atoms with E-state index < -0.39 is 5.41 Å². The van der Waals surface area contributed by atoms with Crippen molar-refractivity contribution in [2.75, 3.05) is 13.2 Å². The van der Waals surface area contributed by atoms with Crippen LogP contribution in [0.3, 0.4) is 0 Å². The third-order valence-corrected chi connectivity index (χ3v) is 7.55. The van der Waals surface area contributed by atoms with Gasteiger partial charge in [0.15, 0.2) is 5.78 Å². The SMILES string of the molecule is O=C1C(c2ccccc2)=C2COC[C@]23[C@H]2C=C[C@H](CC2)[C@]13c1ccccc1. The number of hydrogen-bond acceptors (Lipinski definition) is 2. The summed E-state index contributed by atoms with van der Waals surface area (Å²) in [6.07, 6.45) is 6.94. The molecule has 1 heterocycles. The maximum atomic E-state index is 14.3. The van der Waals surface area contributed by atoms with Gasteiger partial charge in [-0.25, -0.2) is 0 Å². The molecule has 1 spiro atoms. The molecule has 4 atom stereocenters. The van der Waals surface area contributed by atoms with E-state index in [1.165, 1.54) is 11.1 Å². The lowest BCUT2D eigenvalue weighted by molar-refractivity contribution is -0.129. The zero-order chi connectivity index (χ0) is 18.1. The highest BCUT2D eigenvalue weighted by molar-refractivity contribution is 6.30. The first-order valence-electron chi connectivity index (χ1n) is 9.95. The van der Waals surface area contributed by atoms with E-state index in [9.17, 15) is 4.79 Å². The quantitative estimate of drug-likeness (QED) is 0.738. The van der Waals surface area contributed by atoms with Gasteiger partial charge in [-0.05, 0) is 41.4 Å². The average Bonchev–Trinajstić information content (AvgIpc) is 3.25. The lowest BCUT2D eigenvalue weighted by Gasteiger charge is -2.57. The van der Waals surface area contributed by atoms with Crippen LogP contribution < -0.4 is 0 Å². The number of rotatable bonds is 2. The summed E-state index contributed by atoms with van der Waals surface area (Å²) in [6, 6.07) is 20.8. The summed E-state index contributed by atoms with van der Waals surface area (Å²) in [7, 11) is 0. The normalized spacial score (nSPS) is 36.2. The number of fused-ring (bicyclic) bond motifs is 1. The smallest absolute Gasteiger partial charge is 0.175 e. The number of ether oxygens (including phenoxy) is 1. The zero-order valence-corrected chi connectivity index (χ0v) is 15.2. The van der Waals surface area contributed by atoms with Crippen LogP contribution in [0.5, 0.6) is 0 Å². The highest BCUT2D eigenvalue weighted by Crippen LogP contribution is 2.71. The molecule has 5 aliphatic rings. The Balaban J connectivity index is 1.70. The van der Waals surface area contributed by atoms with Crippen LogP contribution in [0, 0.1) is 17.3 Å². The van der Waals surface area contributed by atoms with Crippen LogP contribution in [-0.2, 0) is 14.9 Å². The van der Waals surface area contributed by atoms with Crippen molar-refractivity contribution in [1.29, 1.82) is 0 Å². The van der Waals surface area contributed by atoms with Crippen molar-refractivity contribution >= 4 is 11.4 Å². The highest BCUT2D eigenvalue weighted by Gasteiger charge is 2.73. The van der Waals surface area contributed by atoms with E-state index in [1.807, 2.05) is 24.3 Å². The Morgan fingerprint density at radius 3 is 2.22 bits per heavy atom. The number of carbonyl (C=O) groups is 1. The summed E-state index contributed by atoms with van der Waals surface area (Å²) in [5.74, 6) is 0.943. The number of benzene rings is 2. The van der Waals surface area contributed by atoms with Gasteiger partial charge in [-0.15, -0.1) is 0 Å². The van der Waals surface area contributed by atoms with E-state index in [4.69, 9.17) is 4.74 Å². The van der Waals surface area contributed by atoms with Crippen LogP contribution in [0.4, 0.5) is 0 Å². The van der Waals surface area contributed by atoms with Crippen molar-refractivity contribution in [3.63, 3.8) is 0 Å². The molecule has 1 aliphatic heterocycles. The number of carbonyl (C=O) groups excluding carboxylic acids is 1. The lowest BCUT2D eigenvalue weighted by atomic mass is 9.43. The van der Waals surface area contributed by atoms with Crippen molar-refractivity contribution in [1.82, 2.24) is 0 Å². The molecule has 2 heteroatoms. The molecule has 0 aromatic heterocycles. The molecule has 2 fully saturated rings. The fraction of sp³-hybridized carbons (Fsp3) is 0.320. The molecule has 27 heavy (non-hydrogen) atoms. The summed E-state index contributed by atoms with van der Waals surface area (Å²) >= 11 is 0. The Morgan fingerprint density at radius 2 is 1.52 bits per heavy atom. The first-order chi connectivity index (χ1) is 13.3. The van der Waals surface area contributed by atoms with Crippen LogP contribution in [-0.4, -0.2) is 19.0 Å². The summed E-state index contributed by atoms with van der Waals surface area (Å²) in [6.45, 7) is 1.24. The molecule has 2 aromatic carbocycles. The number of Topliss-reactive ketones (excluding diaryl/α,β-unsaturated/α-hetero) is 1. The van der Waals surface area contributed by atoms with Crippen LogP contribution >= 0.6 is 0 Å². The standard InChI is InChI=1S/C25H22O2/c26-23-22(17-7-3-1-4-8-17)21-15-27-16-24(21)18-11-13-20(14-12-18)25(23,24)19-9-5-2-6-10-19/h1-11,13,18,20H,12,14-16H2/t18-,20+,24-,25+/m0/s1. The Labute approximate surface area is 159 Å². The van der Waals surface area contributed by atoms with Gasteiger partial charge in [0.25, 0.3) is 0 Å². The van der Waals surface area contributed by atoms with E-state index in [1.54, 1.807) is 0 Å². The van der Waals surface area contributed by atoms with Gasteiger partial charge in [0.1, 0.15) is 0 Å². The van der Waals surface area contributed by atoms with E-state index in [-0.39, 0.29) is 11.3 Å². The number of ketones is 1. The van der Waals surface area contributed by atoms with Crippen LogP contribution in [0.15, 0.2) is 78.4 Å². The van der Waals surface area contributed by atoms with Crippen molar-refractivity contribution in [2.45, 2.75) is 18.3 Å². The molecule has 0 unspecified atom stereocenters. The second-order valence-corrected chi connectivity index (χ2v) is 8.36. The zero-order valence-electron chi connectivity index (χ0n) is 15.2. The molecule has 7 rings (SSSR count).